The lowest BCUT2D eigenvalue weighted by molar-refractivity contribution is -0.0498. The molecular formula is C14H16F2N2O. The predicted octanol–water partition coefficient (Wildman–Crippen LogP) is 3.38. The van der Waals surface area contributed by atoms with Crippen molar-refractivity contribution in [2.45, 2.75) is 44.4 Å². The Balaban J connectivity index is 2.00. The van der Waals surface area contributed by atoms with E-state index in [9.17, 15) is 14.0 Å². The van der Waals surface area contributed by atoms with Crippen LogP contribution in [0.1, 0.15) is 37.3 Å². The van der Waals surface area contributed by atoms with Crippen LogP contribution in [0.3, 0.4) is 0 Å². The van der Waals surface area contributed by atoms with Crippen LogP contribution in [0.2, 0.25) is 0 Å². The zero-order valence-electron chi connectivity index (χ0n) is 10.5. The van der Waals surface area contributed by atoms with Crippen molar-refractivity contribution >= 4 is 0 Å². The maximum absolute atomic E-state index is 12.0. The van der Waals surface area contributed by atoms with Gasteiger partial charge in [-0.25, -0.2) is 0 Å². The number of hydrogen-bond donors (Lipinski definition) is 1. The highest BCUT2D eigenvalue weighted by Crippen LogP contribution is 2.23. The first-order chi connectivity index (χ1) is 9.19. The number of rotatable bonds is 5. The van der Waals surface area contributed by atoms with Gasteiger partial charge in [-0.05, 0) is 30.5 Å². The summed E-state index contributed by atoms with van der Waals surface area (Å²) in [7, 11) is 0. The van der Waals surface area contributed by atoms with E-state index in [0.717, 1.165) is 18.4 Å². The third kappa shape index (κ3) is 3.90. The summed E-state index contributed by atoms with van der Waals surface area (Å²) in [5.74, 6) is 0.108. The number of benzene rings is 1. The molecule has 0 bridgehead atoms. The Bertz CT molecular complexity index is 436. The summed E-state index contributed by atoms with van der Waals surface area (Å²) in [4.78, 5) is 0. The van der Waals surface area contributed by atoms with Gasteiger partial charge in [-0.1, -0.05) is 25.0 Å². The lowest BCUT2D eigenvalue weighted by Gasteiger charge is -2.17. The predicted molar refractivity (Wildman–Crippen MR) is 66.8 cm³/mol. The van der Waals surface area contributed by atoms with Gasteiger partial charge in [0.05, 0.1) is 6.07 Å². The standard InChI is InChI=1S/C14H16F2N2O/c15-14(16)19-12-7-5-10(6-8-12)13(9-17)18-11-3-1-2-4-11/h5-8,11,13-14,18H,1-4H2. The van der Waals surface area contributed by atoms with Gasteiger partial charge >= 0.3 is 6.61 Å². The fraction of sp³-hybridized carbons (Fsp3) is 0.500. The second kappa shape index (κ2) is 6.48. The van der Waals surface area contributed by atoms with Crippen LogP contribution in [0.5, 0.6) is 5.75 Å². The smallest absolute Gasteiger partial charge is 0.387 e. The molecule has 0 heterocycles. The van der Waals surface area contributed by atoms with Crippen LogP contribution in [0.4, 0.5) is 8.78 Å². The number of alkyl halides is 2. The molecule has 3 nitrogen and oxygen atoms in total. The summed E-state index contributed by atoms with van der Waals surface area (Å²) in [6.07, 6.45) is 4.56. The van der Waals surface area contributed by atoms with Crippen LogP contribution in [0.15, 0.2) is 24.3 Å². The van der Waals surface area contributed by atoms with E-state index < -0.39 is 12.7 Å². The fourth-order valence-electron chi connectivity index (χ4n) is 2.38. The average molecular weight is 266 g/mol. The van der Waals surface area contributed by atoms with E-state index >= 15 is 0 Å². The van der Waals surface area contributed by atoms with Crippen molar-refractivity contribution in [1.82, 2.24) is 5.32 Å². The van der Waals surface area contributed by atoms with Gasteiger partial charge in [0.15, 0.2) is 0 Å². The molecule has 5 heteroatoms. The molecule has 19 heavy (non-hydrogen) atoms. The lowest BCUT2D eigenvalue weighted by Crippen LogP contribution is -2.29. The molecule has 1 aliphatic rings. The van der Waals surface area contributed by atoms with Crippen LogP contribution >= 0.6 is 0 Å². The second-order valence-corrected chi connectivity index (χ2v) is 4.66. The van der Waals surface area contributed by atoms with Crippen LogP contribution < -0.4 is 10.1 Å². The van der Waals surface area contributed by atoms with Gasteiger partial charge in [0.25, 0.3) is 0 Å². The minimum absolute atomic E-state index is 0.108. The molecule has 102 valence electrons. The van der Waals surface area contributed by atoms with E-state index in [1.165, 1.54) is 25.0 Å². The molecule has 1 N–H and O–H groups in total. The van der Waals surface area contributed by atoms with E-state index in [1.807, 2.05) is 0 Å². The average Bonchev–Trinajstić information content (AvgIpc) is 2.89. The van der Waals surface area contributed by atoms with Crippen molar-refractivity contribution in [3.05, 3.63) is 29.8 Å². The Morgan fingerprint density at radius 3 is 2.37 bits per heavy atom. The first-order valence-electron chi connectivity index (χ1n) is 6.39. The van der Waals surface area contributed by atoms with Crippen LogP contribution in [0, 0.1) is 11.3 Å². The zero-order valence-corrected chi connectivity index (χ0v) is 10.5. The van der Waals surface area contributed by atoms with E-state index in [0.29, 0.717) is 6.04 Å². The summed E-state index contributed by atoms with van der Waals surface area (Å²) in [5.41, 5.74) is 0.774. The zero-order chi connectivity index (χ0) is 13.7. The molecule has 0 aliphatic heterocycles. The summed E-state index contributed by atoms with van der Waals surface area (Å²) < 4.78 is 28.3. The number of ether oxygens (including phenoxy) is 1. The molecular weight excluding hydrogens is 250 g/mol. The van der Waals surface area contributed by atoms with Crippen molar-refractivity contribution in [1.29, 1.82) is 5.26 Å². The van der Waals surface area contributed by atoms with Crippen molar-refractivity contribution in [3.63, 3.8) is 0 Å². The summed E-state index contributed by atoms with van der Waals surface area (Å²) >= 11 is 0. The molecule has 1 aromatic rings. The van der Waals surface area contributed by atoms with Gasteiger partial charge in [-0.3, -0.25) is 5.32 Å². The molecule has 1 fully saturated rings. The number of nitrogens with one attached hydrogen (secondary N) is 1. The highest BCUT2D eigenvalue weighted by Gasteiger charge is 2.20. The first kappa shape index (κ1) is 13.8. The normalized spacial score (nSPS) is 17.4. The third-order valence-electron chi connectivity index (χ3n) is 3.33. The molecule has 0 radical (unpaired) electrons. The summed E-state index contributed by atoms with van der Waals surface area (Å²) in [6, 6.07) is 8.40. The molecule has 1 saturated carbocycles. The van der Waals surface area contributed by atoms with Gasteiger partial charge < -0.3 is 4.74 Å². The molecule has 0 saturated heterocycles. The van der Waals surface area contributed by atoms with E-state index in [4.69, 9.17) is 0 Å². The number of hydrogen-bond acceptors (Lipinski definition) is 3. The monoisotopic (exact) mass is 266 g/mol. The summed E-state index contributed by atoms with van der Waals surface area (Å²) in [5, 5.41) is 12.5. The third-order valence-corrected chi connectivity index (χ3v) is 3.33. The minimum Gasteiger partial charge on any atom is -0.435 e. The van der Waals surface area contributed by atoms with Gasteiger partial charge in [0.1, 0.15) is 11.8 Å². The second-order valence-electron chi connectivity index (χ2n) is 4.66. The first-order valence-corrected chi connectivity index (χ1v) is 6.39. The quantitative estimate of drug-likeness (QED) is 0.888. The number of nitrogens with zero attached hydrogens (tertiary/aromatic N) is 1. The summed E-state index contributed by atoms with van der Waals surface area (Å²) in [6.45, 7) is -2.82. The number of nitriles is 1. The number of halogens is 2. The van der Waals surface area contributed by atoms with Gasteiger partial charge in [-0.15, -0.1) is 0 Å². The van der Waals surface area contributed by atoms with E-state index in [1.54, 1.807) is 12.1 Å². The van der Waals surface area contributed by atoms with Gasteiger partial charge in [0, 0.05) is 6.04 Å². The van der Waals surface area contributed by atoms with Gasteiger partial charge in [0.2, 0.25) is 0 Å². The maximum Gasteiger partial charge on any atom is 0.387 e. The molecule has 1 aromatic carbocycles. The highest BCUT2D eigenvalue weighted by molar-refractivity contribution is 5.31. The Labute approximate surface area is 111 Å². The molecule has 0 aromatic heterocycles. The fourth-order valence-corrected chi connectivity index (χ4v) is 2.38. The molecule has 1 unspecified atom stereocenters. The highest BCUT2D eigenvalue weighted by atomic mass is 19.3. The largest absolute Gasteiger partial charge is 0.435 e. The maximum atomic E-state index is 12.0. The van der Waals surface area contributed by atoms with Gasteiger partial charge in [-0.2, -0.15) is 14.0 Å². The van der Waals surface area contributed by atoms with Crippen LogP contribution in [0.25, 0.3) is 0 Å². The Hall–Kier alpha value is -1.67. The van der Waals surface area contributed by atoms with Crippen molar-refractivity contribution in [2.75, 3.05) is 0 Å². The lowest BCUT2D eigenvalue weighted by atomic mass is 10.1. The SMILES string of the molecule is N#CC(NC1CCCC1)c1ccc(OC(F)F)cc1. The van der Waals surface area contributed by atoms with Crippen molar-refractivity contribution in [2.24, 2.45) is 0 Å². The van der Waals surface area contributed by atoms with Crippen molar-refractivity contribution < 1.29 is 13.5 Å². The van der Waals surface area contributed by atoms with E-state index in [-0.39, 0.29) is 5.75 Å². The van der Waals surface area contributed by atoms with E-state index in [2.05, 4.69) is 16.1 Å². The molecule has 1 atom stereocenters. The molecule has 0 amide bonds. The Morgan fingerprint density at radius 2 is 1.84 bits per heavy atom. The van der Waals surface area contributed by atoms with Crippen LogP contribution in [-0.2, 0) is 0 Å². The topological polar surface area (TPSA) is 45.0 Å². The molecule has 0 spiro atoms. The molecule has 1 aliphatic carbocycles. The Morgan fingerprint density at radius 1 is 1.21 bits per heavy atom. The minimum atomic E-state index is -2.82. The Kier molecular flexibility index (Phi) is 4.69. The van der Waals surface area contributed by atoms with Crippen molar-refractivity contribution in [3.8, 4) is 11.8 Å². The molecule has 2 rings (SSSR count). The van der Waals surface area contributed by atoms with Crippen LogP contribution in [-0.4, -0.2) is 12.7 Å².